The molecule has 0 bridgehead atoms. The fourth-order valence-corrected chi connectivity index (χ4v) is 5.81. The third kappa shape index (κ3) is 6.25. The molecule has 3 aromatic rings. The fourth-order valence-electron chi connectivity index (χ4n) is 3.89. The second-order valence-electron chi connectivity index (χ2n) is 8.23. The van der Waals surface area contributed by atoms with Crippen LogP contribution in [0, 0.1) is 5.82 Å². The molecule has 2 aromatic carbocycles. The van der Waals surface area contributed by atoms with Crippen molar-refractivity contribution in [2.75, 3.05) is 28.0 Å². The summed E-state index contributed by atoms with van der Waals surface area (Å²) in [5.41, 5.74) is 0.817. The molecule has 0 aliphatic carbocycles. The summed E-state index contributed by atoms with van der Waals surface area (Å²) in [6.07, 6.45) is -4.09. The number of hydrogen-bond acceptors (Lipinski definition) is 7. The zero-order chi connectivity index (χ0) is 27.0. The number of amides is 1. The van der Waals surface area contributed by atoms with E-state index in [2.05, 4.69) is 20.3 Å². The zero-order valence-corrected chi connectivity index (χ0v) is 21.5. The Morgan fingerprint density at radius 3 is 2.62 bits per heavy atom. The van der Waals surface area contributed by atoms with Crippen LogP contribution in [0.2, 0.25) is 5.02 Å². The van der Waals surface area contributed by atoms with Gasteiger partial charge in [0.15, 0.2) is 5.82 Å². The van der Waals surface area contributed by atoms with Gasteiger partial charge in [-0.2, -0.15) is 13.2 Å². The molecule has 8 nitrogen and oxygen atoms in total. The van der Waals surface area contributed by atoms with Crippen LogP contribution in [0.4, 0.5) is 40.4 Å². The average molecular weight is 578 g/mol. The second kappa shape index (κ2) is 10.3. The van der Waals surface area contributed by atoms with Crippen molar-refractivity contribution in [2.24, 2.45) is 0 Å². The standard InChI is InChI=1S/C22H20ClF4N5O3S2/c1-12(33)29-14-4-5-32(9-14)19-6-13(22(25,26)27)2-3-17(19)30-18-8-16(24)20(7-15(18)23)37(34,35)31-21-10-36-11-28-21/h2-3,6-8,10-11,14,30-31H,4-5,9H2,1H3,(H,29,33). The van der Waals surface area contributed by atoms with Crippen LogP contribution in [0.15, 0.2) is 46.1 Å². The minimum absolute atomic E-state index is 0.0142. The van der Waals surface area contributed by atoms with Gasteiger partial charge in [-0.25, -0.2) is 17.8 Å². The Balaban J connectivity index is 1.66. The van der Waals surface area contributed by atoms with E-state index in [-0.39, 0.29) is 46.4 Å². The number of hydrogen-bond donors (Lipinski definition) is 3. The highest BCUT2D eigenvalue weighted by Crippen LogP contribution is 2.39. The Bertz CT molecular complexity index is 1420. The number of nitrogens with one attached hydrogen (secondary N) is 3. The molecule has 1 atom stereocenters. The summed E-state index contributed by atoms with van der Waals surface area (Å²) in [7, 11) is -4.35. The summed E-state index contributed by atoms with van der Waals surface area (Å²) in [6.45, 7) is 1.98. The molecule has 1 aromatic heterocycles. The van der Waals surface area contributed by atoms with E-state index < -0.39 is 32.5 Å². The Kier molecular flexibility index (Phi) is 7.53. The van der Waals surface area contributed by atoms with E-state index in [1.54, 1.807) is 4.90 Å². The number of halogens is 5. The fraction of sp³-hybridized carbons (Fsp3) is 0.273. The number of sulfonamides is 1. The molecule has 15 heteroatoms. The van der Waals surface area contributed by atoms with Gasteiger partial charge in [0.2, 0.25) is 5.91 Å². The summed E-state index contributed by atoms with van der Waals surface area (Å²) < 4.78 is 82.6. The van der Waals surface area contributed by atoms with Crippen molar-refractivity contribution in [1.82, 2.24) is 10.3 Å². The molecule has 0 radical (unpaired) electrons. The number of anilines is 4. The van der Waals surface area contributed by atoms with Crippen molar-refractivity contribution < 1.29 is 30.8 Å². The molecule has 4 rings (SSSR count). The summed E-state index contributed by atoms with van der Waals surface area (Å²) in [4.78, 5) is 16.1. The lowest BCUT2D eigenvalue weighted by Crippen LogP contribution is -2.35. The molecule has 1 aliphatic heterocycles. The number of carbonyl (C=O) groups is 1. The first-order valence-electron chi connectivity index (χ1n) is 10.7. The van der Waals surface area contributed by atoms with Crippen LogP contribution < -0.4 is 20.3 Å². The van der Waals surface area contributed by atoms with E-state index in [1.165, 1.54) is 23.9 Å². The predicted molar refractivity (Wildman–Crippen MR) is 133 cm³/mol. The Morgan fingerprint density at radius 1 is 1.22 bits per heavy atom. The zero-order valence-electron chi connectivity index (χ0n) is 19.1. The first-order valence-corrected chi connectivity index (χ1v) is 13.5. The smallest absolute Gasteiger partial charge is 0.368 e. The van der Waals surface area contributed by atoms with Crippen molar-refractivity contribution in [1.29, 1.82) is 0 Å². The lowest BCUT2D eigenvalue weighted by atomic mass is 10.1. The van der Waals surface area contributed by atoms with Gasteiger partial charge in [0.1, 0.15) is 10.7 Å². The topological polar surface area (TPSA) is 103 Å². The normalized spacial score (nSPS) is 16.1. The van der Waals surface area contributed by atoms with Crippen molar-refractivity contribution in [2.45, 2.75) is 30.5 Å². The van der Waals surface area contributed by atoms with Gasteiger partial charge < -0.3 is 15.5 Å². The molecule has 0 spiro atoms. The van der Waals surface area contributed by atoms with Gasteiger partial charge >= 0.3 is 6.18 Å². The number of nitrogens with zero attached hydrogens (tertiary/aromatic N) is 2. The number of alkyl halides is 3. The van der Waals surface area contributed by atoms with Crippen molar-refractivity contribution in [3.05, 3.63) is 57.6 Å². The van der Waals surface area contributed by atoms with Gasteiger partial charge in [0, 0.05) is 37.5 Å². The third-order valence-electron chi connectivity index (χ3n) is 5.51. The van der Waals surface area contributed by atoms with Crippen molar-refractivity contribution in [3.63, 3.8) is 0 Å². The van der Waals surface area contributed by atoms with E-state index in [0.717, 1.165) is 35.6 Å². The van der Waals surface area contributed by atoms with Crippen LogP contribution in [-0.2, 0) is 21.0 Å². The van der Waals surface area contributed by atoms with E-state index in [4.69, 9.17) is 11.6 Å². The van der Waals surface area contributed by atoms with Crippen LogP contribution in [0.1, 0.15) is 18.9 Å². The highest BCUT2D eigenvalue weighted by Gasteiger charge is 2.33. The Labute approximate surface area is 218 Å². The quantitative estimate of drug-likeness (QED) is 0.333. The number of aromatic nitrogens is 1. The minimum atomic E-state index is -4.60. The van der Waals surface area contributed by atoms with E-state index in [1.807, 2.05) is 0 Å². The molecule has 1 saturated heterocycles. The van der Waals surface area contributed by atoms with Crippen LogP contribution in [-0.4, -0.2) is 38.4 Å². The van der Waals surface area contributed by atoms with Gasteiger partial charge in [-0.1, -0.05) is 11.6 Å². The molecule has 198 valence electrons. The van der Waals surface area contributed by atoms with E-state index in [9.17, 15) is 30.8 Å². The number of carbonyl (C=O) groups excluding carboxylic acids is 1. The molecular formula is C22H20ClF4N5O3S2. The molecule has 1 fully saturated rings. The van der Waals surface area contributed by atoms with Crippen LogP contribution in [0.3, 0.4) is 0 Å². The van der Waals surface area contributed by atoms with Crippen LogP contribution in [0.25, 0.3) is 0 Å². The maximum atomic E-state index is 14.9. The maximum absolute atomic E-state index is 14.9. The predicted octanol–water partition coefficient (Wildman–Crippen LogP) is 5.21. The first kappa shape index (κ1) is 26.9. The SMILES string of the molecule is CC(=O)NC1CCN(c2cc(C(F)(F)F)ccc2Nc2cc(F)c(S(=O)(=O)Nc3cscn3)cc2Cl)C1. The third-order valence-corrected chi connectivity index (χ3v) is 7.78. The molecule has 1 aliphatic rings. The summed E-state index contributed by atoms with van der Waals surface area (Å²) in [5.74, 6) is -1.37. The van der Waals surface area contributed by atoms with Gasteiger partial charge in [-0.05, 0) is 30.7 Å². The summed E-state index contributed by atoms with van der Waals surface area (Å²) >= 11 is 7.40. The van der Waals surface area contributed by atoms with Gasteiger partial charge in [0.05, 0.1) is 33.2 Å². The van der Waals surface area contributed by atoms with Crippen molar-refractivity contribution >= 4 is 61.7 Å². The minimum Gasteiger partial charge on any atom is -0.368 e. The van der Waals surface area contributed by atoms with E-state index >= 15 is 0 Å². The Morgan fingerprint density at radius 2 is 1.97 bits per heavy atom. The van der Waals surface area contributed by atoms with Gasteiger partial charge in [-0.3, -0.25) is 9.52 Å². The lowest BCUT2D eigenvalue weighted by Gasteiger charge is -2.24. The molecular weight excluding hydrogens is 558 g/mol. The number of benzene rings is 2. The van der Waals surface area contributed by atoms with Crippen LogP contribution >= 0.6 is 22.9 Å². The molecule has 2 heterocycles. The van der Waals surface area contributed by atoms with Crippen molar-refractivity contribution in [3.8, 4) is 0 Å². The second-order valence-corrected chi connectivity index (χ2v) is 11.0. The lowest BCUT2D eigenvalue weighted by molar-refractivity contribution is -0.137. The summed E-state index contributed by atoms with van der Waals surface area (Å²) in [6, 6.07) is 4.51. The van der Waals surface area contributed by atoms with E-state index in [0.29, 0.717) is 13.0 Å². The average Bonchev–Trinajstić information content (AvgIpc) is 3.47. The molecule has 1 amide bonds. The monoisotopic (exact) mass is 577 g/mol. The highest BCUT2D eigenvalue weighted by molar-refractivity contribution is 7.92. The first-order chi connectivity index (χ1) is 17.3. The largest absolute Gasteiger partial charge is 0.416 e. The number of rotatable bonds is 7. The summed E-state index contributed by atoms with van der Waals surface area (Å²) in [5, 5.41) is 6.82. The van der Waals surface area contributed by atoms with Gasteiger partial charge in [-0.15, -0.1) is 11.3 Å². The molecule has 37 heavy (non-hydrogen) atoms. The Hall–Kier alpha value is -3.10. The molecule has 0 saturated carbocycles. The van der Waals surface area contributed by atoms with Crippen LogP contribution in [0.5, 0.6) is 0 Å². The molecule has 1 unspecified atom stereocenters. The molecule has 3 N–H and O–H groups in total. The maximum Gasteiger partial charge on any atom is 0.416 e. The highest BCUT2D eigenvalue weighted by atomic mass is 35.5. The van der Waals surface area contributed by atoms with Gasteiger partial charge in [0.25, 0.3) is 10.0 Å². The number of thiazole rings is 1.